The van der Waals surface area contributed by atoms with Crippen molar-refractivity contribution in [2.45, 2.75) is 152 Å². The van der Waals surface area contributed by atoms with Gasteiger partial charge >= 0.3 is 12.1 Å². The van der Waals surface area contributed by atoms with Crippen molar-refractivity contribution in [3.63, 3.8) is 0 Å². The average molecular weight is 1460 g/mol. The molecular formula is C78H91ClN10O12S2. The number of rotatable bonds is 29. The third kappa shape index (κ3) is 21.5. The molecule has 0 saturated carbocycles. The number of aromatic nitrogens is 4. The zero-order valence-corrected chi connectivity index (χ0v) is 61.8. The van der Waals surface area contributed by atoms with Crippen LogP contribution in [0.3, 0.4) is 0 Å². The van der Waals surface area contributed by atoms with Crippen LogP contribution in [0.4, 0.5) is 10.5 Å². The van der Waals surface area contributed by atoms with Gasteiger partial charge < -0.3 is 48.6 Å². The van der Waals surface area contributed by atoms with Crippen LogP contribution in [0.15, 0.2) is 181 Å². The molecule has 7 heterocycles. The Kier molecular flexibility index (Phi) is 27.3. The van der Waals surface area contributed by atoms with Crippen LogP contribution in [-0.2, 0) is 79.0 Å². The van der Waals surface area contributed by atoms with Crippen molar-refractivity contribution in [2.24, 2.45) is 5.92 Å². The minimum absolute atomic E-state index is 0.0849. The molecule has 0 aliphatic carbocycles. The van der Waals surface area contributed by atoms with Crippen molar-refractivity contribution < 1.29 is 57.5 Å². The van der Waals surface area contributed by atoms with Gasteiger partial charge in [-0.1, -0.05) is 94.2 Å². The Hall–Kier alpha value is -8.72. The van der Waals surface area contributed by atoms with E-state index in [1.807, 2.05) is 123 Å². The Labute approximate surface area is 615 Å². The number of carbonyl (C=O) groups excluding carboxylic acids is 5. The lowest BCUT2D eigenvalue weighted by Gasteiger charge is -2.42. The van der Waals surface area contributed by atoms with Crippen molar-refractivity contribution in [3.05, 3.63) is 226 Å². The summed E-state index contributed by atoms with van der Waals surface area (Å²) in [6, 6.07) is 40.1. The number of fused-ring (bicyclic) bond motifs is 5. The number of benzene rings is 3. The van der Waals surface area contributed by atoms with Gasteiger partial charge in [-0.05, 0) is 154 Å². The number of carbonyl (C=O) groups is 5. The zero-order chi connectivity index (χ0) is 73.0. The van der Waals surface area contributed by atoms with E-state index in [1.165, 1.54) is 52.7 Å². The van der Waals surface area contributed by atoms with Gasteiger partial charge in [0.15, 0.2) is 5.72 Å². The molecular weight excluding hydrogens is 1370 g/mol. The topological polar surface area (TPSA) is 253 Å². The van der Waals surface area contributed by atoms with Gasteiger partial charge in [0.25, 0.3) is 5.91 Å². The van der Waals surface area contributed by atoms with E-state index < -0.39 is 65.7 Å². The van der Waals surface area contributed by atoms with Crippen molar-refractivity contribution in [1.29, 1.82) is 0 Å². The summed E-state index contributed by atoms with van der Waals surface area (Å²) in [6.45, 7) is 11.6. The van der Waals surface area contributed by atoms with E-state index in [-0.39, 0.29) is 36.1 Å². The average Bonchev–Trinajstić information content (AvgIpc) is 1.57. The van der Waals surface area contributed by atoms with Crippen LogP contribution in [0.2, 0.25) is 5.02 Å². The highest BCUT2D eigenvalue weighted by Gasteiger charge is 2.64. The summed E-state index contributed by atoms with van der Waals surface area (Å²) in [4.78, 5) is 95.9. The van der Waals surface area contributed by atoms with Gasteiger partial charge in [-0.15, -0.1) is 0 Å². The van der Waals surface area contributed by atoms with Crippen molar-refractivity contribution >= 4 is 68.7 Å². The Morgan fingerprint density at radius 2 is 1.41 bits per heavy atom. The molecule has 4 aromatic heterocycles. The van der Waals surface area contributed by atoms with Gasteiger partial charge in [0.1, 0.15) is 46.5 Å². The fourth-order valence-electron chi connectivity index (χ4n) is 12.7. The van der Waals surface area contributed by atoms with Crippen molar-refractivity contribution in [2.75, 3.05) is 52.1 Å². The van der Waals surface area contributed by atoms with Crippen LogP contribution in [0.5, 0.6) is 11.5 Å². The molecule has 1 unspecified atom stereocenters. The number of nitrogens with one attached hydrogen (secondary N) is 2. The van der Waals surface area contributed by atoms with Crippen LogP contribution in [0.25, 0.3) is 0 Å². The first-order chi connectivity index (χ1) is 49.7. The first-order valence-electron chi connectivity index (χ1n) is 34.5. The molecule has 2 fully saturated rings. The summed E-state index contributed by atoms with van der Waals surface area (Å²) in [5.41, 5.74) is 5.43. The van der Waals surface area contributed by atoms with Crippen LogP contribution >= 0.6 is 33.2 Å². The van der Waals surface area contributed by atoms with E-state index in [4.69, 9.17) is 40.0 Å². The van der Waals surface area contributed by atoms with Gasteiger partial charge in [0.2, 0.25) is 11.8 Å². The molecule has 3 aliphatic heterocycles. The van der Waals surface area contributed by atoms with Crippen LogP contribution in [0.1, 0.15) is 110 Å². The number of likely N-dealkylation sites (N-methyl/N-ethyl adjacent to an activating group) is 1. The summed E-state index contributed by atoms with van der Waals surface area (Å²) in [7, 11) is 8.94. The second-order valence-corrected chi connectivity index (χ2v) is 29.3. The number of allylic oxidation sites excluding steroid dienone is 3. The van der Waals surface area contributed by atoms with Crippen LogP contribution < -0.4 is 25.0 Å². The molecule has 8 atom stereocenters. The van der Waals surface area contributed by atoms with E-state index in [0.717, 1.165) is 55.7 Å². The molecule has 3 N–H and O–H groups in total. The molecule has 544 valence electrons. The van der Waals surface area contributed by atoms with Crippen molar-refractivity contribution in [3.8, 4) is 11.5 Å². The van der Waals surface area contributed by atoms with E-state index in [2.05, 4.69) is 58.6 Å². The fraction of sp³-hybridized carbons (Fsp3) is 0.397. The monoisotopic (exact) mass is 1460 g/mol. The third-order valence-corrected chi connectivity index (χ3v) is 21.4. The largest absolute Gasteiger partial charge is 0.495 e. The molecule has 0 radical (unpaired) electrons. The summed E-state index contributed by atoms with van der Waals surface area (Å²) in [5.74, 6) is -0.803. The van der Waals surface area contributed by atoms with Crippen molar-refractivity contribution in [1.82, 2.24) is 45.3 Å². The number of epoxide rings is 1. The van der Waals surface area contributed by atoms with Gasteiger partial charge in [0.05, 0.1) is 54.7 Å². The van der Waals surface area contributed by atoms with E-state index >= 15 is 0 Å². The second-order valence-electron chi connectivity index (χ2n) is 26.5. The Balaban J connectivity index is 0.712. The molecule has 3 aliphatic rings. The molecule has 25 heteroatoms. The van der Waals surface area contributed by atoms with E-state index in [9.17, 15) is 29.1 Å². The third-order valence-electron chi connectivity index (χ3n) is 18.6. The smallest absolute Gasteiger partial charge is 0.409 e. The molecule has 22 nitrogen and oxygen atoms in total. The standard InChI is InChI=1S/C78H91ClN10O12S2/c1-52-20-19-25-68(97-8)78(95)45-67(99-76(94)85-78)53(2)73-77(4,101-73)69(44-71(91)87(6)65-42-55(38-52)43-66(96-7)72(65)79)100-75(93)54(3)86(5)70(90)30-37-102-103-64-28-26-58(27-29-64)74(92)84-35-17-18-36-98-63-40-56(46-88(48-59-21-9-13-31-80-59)49-60-22-10-14-32-81-60)39-57(41-63)47-89(50-61-23-11-15-33-82-61)51-62-24-12-16-34-83-62/h9-16,19-29,31-34,39-43,53-54,67-69,73,95H,17-18,30,35-38,44-51H2,1-8H3,(H,84,92)(H,85,94)/b25-19+,52-20+/t53-,54+,67+,68-,69?,73+,77+,78+/m1/s1. The molecule has 4 bridgehead atoms. The Morgan fingerprint density at radius 1 is 0.816 bits per heavy atom. The maximum Gasteiger partial charge on any atom is 0.409 e. The maximum absolute atomic E-state index is 14.5. The maximum atomic E-state index is 14.5. The van der Waals surface area contributed by atoms with Gasteiger partial charge in [-0.25, -0.2) is 9.59 Å². The number of halogens is 1. The first-order valence-corrected chi connectivity index (χ1v) is 37.2. The fourth-order valence-corrected chi connectivity index (χ4v) is 15.0. The van der Waals surface area contributed by atoms with Gasteiger partial charge in [0, 0.05) is 127 Å². The summed E-state index contributed by atoms with van der Waals surface area (Å²) in [5, 5.41) is 17.7. The second kappa shape index (κ2) is 36.6. The number of alkyl carbamates (subject to hydrolysis) is 1. The number of hydrogen-bond acceptors (Lipinski definition) is 20. The minimum atomic E-state index is -1.87. The number of hydrogen-bond donors (Lipinski definition) is 3. The molecule has 2 saturated heterocycles. The van der Waals surface area contributed by atoms with Crippen LogP contribution in [0, 0.1) is 5.92 Å². The molecule has 3 aromatic carbocycles. The lowest BCUT2D eigenvalue weighted by molar-refractivity contribution is -0.162. The first kappa shape index (κ1) is 76.9. The van der Waals surface area contributed by atoms with Gasteiger partial charge in [-0.3, -0.25) is 49.4 Å². The highest BCUT2D eigenvalue weighted by atomic mass is 35.5. The zero-order valence-electron chi connectivity index (χ0n) is 59.4. The molecule has 7 aromatic rings. The molecule has 103 heavy (non-hydrogen) atoms. The number of ether oxygens (including phenoxy) is 6. The number of amides is 4. The summed E-state index contributed by atoms with van der Waals surface area (Å²) in [6.07, 6.45) is 9.35. The minimum Gasteiger partial charge on any atom is -0.495 e. The molecule has 10 rings (SSSR count). The predicted octanol–water partition coefficient (Wildman–Crippen LogP) is 11.9. The highest BCUT2D eigenvalue weighted by Crippen LogP contribution is 2.49. The Bertz CT molecular complexity index is 3870. The van der Waals surface area contributed by atoms with E-state index in [1.54, 1.807) is 64.2 Å². The number of pyridine rings is 4. The quantitative estimate of drug-likeness (QED) is 0.0170. The number of unbranched alkanes of at least 4 members (excludes halogenated alkanes) is 1. The molecule has 0 spiro atoms. The summed E-state index contributed by atoms with van der Waals surface area (Å²) >= 11 is 6.88. The normalized spacial score (nSPS) is 21.6. The number of esters is 1. The lowest BCUT2D eigenvalue weighted by atomic mass is 9.83. The van der Waals surface area contributed by atoms with Gasteiger partial charge in [-0.2, -0.15) is 0 Å². The lowest BCUT2D eigenvalue weighted by Crippen LogP contribution is -2.63. The summed E-state index contributed by atoms with van der Waals surface area (Å²) < 4.78 is 36.3. The van der Waals surface area contributed by atoms with E-state index in [0.29, 0.717) is 94.4 Å². The SMILES string of the molecule is COc1cc2cc(c1Cl)N(C)C(=O)CC(OC(=O)[C@H](C)N(C)C(=O)CCSSc1ccc(C(=O)NCCCCOc3cc(CN(Cc4ccccn4)Cc4ccccn4)cc(CN(Cc4ccccn4)Cc4ccccn4)c3)cc1)[C@]1(C)O[C@H]1[C@H](C)[C@@H]1C[C@@](O)(NC(=O)O1)[C@H](OC)/C=C/C=C(\C)C2. The number of aliphatic hydroxyl groups is 1. The van der Waals surface area contributed by atoms with Crippen LogP contribution in [-0.4, -0.2) is 159 Å². The predicted molar refractivity (Wildman–Crippen MR) is 397 cm³/mol. The molecule has 4 amide bonds. The Morgan fingerprint density at radius 3 is 1.96 bits per heavy atom. The highest BCUT2D eigenvalue weighted by molar-refractivity contribution is 8.76. The number of nitrogens with zero attached hydrogens (tertiary/aromatic N) is 8. The number of methoxy groups -OCH3 is 2. The number of anilines is 1.